The zero-order chi connectivity index (χ0) is 18.2. The first kappa shape index (κ1) is 18.9. The summed E-state index contributed by atoms with van der Waals surface area (Å²) in [6, 6.07) is 9.32. The van der Waals surface area contributed by atoms with Crippen LogP contribution in [0.5, 0.6) is 0 Å². The molecular weight excluding hydrogens is 336 g/mol. The van der Waals surface area contributed by atoms with E-state index in [9.17, 15) is 9.59 Å². The molecule has 0 radical (unpaired) electrons. The molecule has 0 atom stereocenters. The largest absolute Gasteiger partial charge is 0.380 e. The Morgan fingerprint density at radius 1 is 1.28 bits per heavy atom. The van der Waals surface area contributed by atoms with Crippen LogP contribution >= 0.6 is 11.3 Å². The summed E-state index contributed by atoms with van der Waals surface area (Å²) in [5.74, 6) is -0.376. The van der Waals surface area contributed by atoms with Gasteiger partial charge in [0.25, 0.3) is 5.91 Å². The summed E-state index contributed by atoms with van der Waals surface area (Å²) in [7, 11) is 1.60. The van der Waals surface area contributed by atoms with Crippen LogP contribution in [0.15, 0.2) is 46.7 Å². The number of H-pyrrole nitrogens is 1. The van der Waals surface area contributed by atoms with Gasteiger partial charge in [-0.15, -0.1) is 11.3 Å². The summed E-state index contributed by atoms with van der Waals surface area (Å²) in [6.45, 7) is 4.84. The van der Waals surface area contributed by atoms with Crippen LogP contribution < -0.4 is 10.7 Å². The van der Waals surface area contributed by atoms with Crippen LogP contribution in [0.3, 0.4) is 0 Å². The topological polar surface area (TPSA) is 71.2 Å². The molecule has 3 aromatic rings. The molecule has 3 rings (SSSR count). The first-order valence-corrected chi connectivity index (χ1v) is 9.01. The van der Waals surface area contributed by atoms with E-state index in [1.165, 1.54) is 6.20 Å². The van der Waals surface area contributed by atoms with Gasteiger partial charge in [0.05, 0.1) is 13.2 Å². The smallest absolute Gasteiger partial charge is 0.257 e. The van der Waals surface area contributed by atoms with Gasteiger partial charge in [-0.1, -0.05) is 26.0 Å². The maximum atomic E-state index is 12.6. The van der Waals surface area contributed by atoms with Crippen molar-refractivity contribution in [2.75, 3.05) is 7.11 Å². The minimum Gasteiger partial charge on any atom is -0.380 e. The van der Waals surface area contributed by atoms with Crippen molar-refractivity contribution in [2.45, 2.75) is 27.0 Å². The molecule has 25 heavy (non-hydrogen) atoms. The van der Waals surface area contributed by atoms with Crippen LogP contribution in [-0.4, -0.2) is 18.0 Å². The minimum atomic E-state index is -0.376. The van der Waals surface area contributed by atoms with Crippen molar-refractivity contribution in [3.8, 4) is 0 Å². The number of aromatic amines is 1. The van der Waals surface area contributed by atoms with Crippen LogP contribution in [0.2, 0.25) is 0 Å². The molecule has 0 spiro atoms. The van der Waals surface area contributed by atoms with Gasteiger partial charge >= 0.3 is 0 Å². The number of hydrogen-bond acceptors (Lipinski definition) is 4. The number of aromatic nitrogens is 1. The summed E-state index contributed by atoms with van der Waals surface area (Å²) < 4.78 is 5.08. The van der Waals surface area contributed by atoms with E-state index < -0.39 is 0 Å². The summed E-state index contributed by atoms with van der Waals surface area (Å²) in [6.07, 6.45) is 1.46. The van der Waals surface area contributed by atoms with Gasteiger partial charge in [-0.3, -0.25) is 9.59 Å². The highest BCUT2D eigenvalue weighted by atomic mass is 32.1. The Balaban J connectivity index is 0.00000109. The molecule has 0 aliphatic heterocycles. The van der Waals surface area contributed by atoms with Crippen LogP contribution in [0.4, 0.5) is 0 Å². The number of ether oxygens (including phenoxy) is 1. The molecule has 2 N–H and O–H groups in total. The molecule has 1 aromatic carbocycles. The van der Waals surface area contributed by atoms with E-state index in [4.69, 9.17) is 4.74 Å². The van der Waals surface area contributed by atoms with E-state index in [1.807, 2.05) is 43.5 Å². The Kier molecular flexibility index (Phi) is 6.91. The second kappa shape index (κ2) is 9.15. The summed E-state index contributed by atoms with van der Waals surface area (Å²) >= 11 is 1.56. The van der Waals surface area contributed by atoms with Crippen molar-refractivity contribution < 1.29 is 9.53 Å². The maximum absolute atomic E-state index is 12.6. The molecule has 6 heteroatoms. The molecule has 2 heterocycles. The van der Waals surface area contributed by atoms with Crippen molar-refractivity contribution in [3.05, 3.63) is 68.1 Å². The molecule has 0 saturated heterocycles. The van der Waals surface area contributed by atoms with Crippen LogP contribution in [0, 0.1) is 0 Å². The van der Waals surface area contributed by atoms with E-state index in [0.29, 0.717) is 24.1 Å². The fourth-order valence-corrected chi connectivity index (χ4v) is 3.01. The number of carbonyl (C=O) groups excluding carboxylic acids is 1. The number of hydrogen-bond donors (Lipinski definition) is 2. The Labute approximate surface area is 150 Å². The quantitative estimate of drug-likeness (QED) is 0.731. The zero-order valence-corrected chi connectivity index (χ0v) is 15.4. The van der Waals surface area contributed by atoms with Crippen LogP contribution in [-0.2, 0) is 17.9 Å². The Hall–Kier alpha value is -2.44. The summed E-state index contributed by atoms with van der Waals surface area (Å²) in [5, 5.41) is 5.21. The van der Waals surface area contributed by atoms with Gasteiger partial charge in [-0.05, 0) is 29.1 Å². The number of pyridine rings is 1. The van der Waals surface area contributed by atoms with E-state index >= 15 is 0 Å². The highest BCUT2D eigenvalue weighted by Crippen LogP contribution is 2.12. The van der Waals surface area contributed by atoms with Gasteiger partial charge in [0.1, 0.15) is 5.56 Å². The van der Waals surface area contributed by atoms with Crippen molar-refractivity contribution in [3.63, 3.8) is 0 Å². The molecule has 1 amide bonds. The van der Waals surface area contributed by atoms with Crippen molar-refractivity contribution >= 4 is 28.1 Å². The standard InChI is InChI=1S/C17H16N2O3S.C2H6/c1-22-10-11-4-5-15-13(7-11)16(20)14(9-18-15)17(21)19-8-12-3-2-6-23-12;1-2/h2-7,9H,8,10H2,1H3,(H,18,20)(H,19,21);1-2H3. The molecule has 0 fully saturated rings. The average Bonchev–Trinajstić information content (AvgIpc) is 3.16. The van der Waals surface area contributed by atoms with Crippen molar-refractivity contribution in [1.82, 2.24) is 10.3 Å². The molecule has 0 aliphatic carbocycles. The number of fused-ring (bicyclic) bond motifs is 1. The lowest BCUT2D eigenvalue weighted by atomic mass is 10.1. The number of rotatable bonds is 5. The SMILES string of the molecule is CC.COCc1ccc2[nH]cc(C(=O)NCc3cccs3)c(=O)c2c1. The molecule has 0 aliphatic rings. The van der Waals surface area contributed by atoms with E-state index in [2.05, 4.69) is 10.3 Å². The van der Waals surface area contributed by atoms with E-state index in [-0.39, 0.29) is 16.9 Å². The predicted octanol–water partition coefficient (Wildman–Crippen LogP) is 3.69. The third-order valence-corrected chi connectivity index (χ3v) is 4.38. The minimum absolute atomic E-state index is 0.114. The fraction of sp³-hybridized carbons (Fsp3) is 0.263. The van der Waals surface area contributed by atoms with Gasteiger partial charge in [0.2, 0.25) is 5.43 Å². The van der Waals surface area contributed by atoms with Gasteiger partial charge in [-0.25, -0.2) is 0 Å². The van der Waals surface area contributed by atoms with Gasteiger partial charge < -0.3 is 15.0 Å². The molecule has 0 bridgehead atoms. The second-order valence-corrected chi connectivity index (χ2v) is 6.14. The number of carbonyl (C=O) groups is 1. The lowest BCUT2D eigenvalue weighted by Gasteiger charge is -2.06. The Morgan fingerprint density at radius 3 is 2.76 bits per heavy atom. The second-order valence-electron chi connectivity index (χ2n) is 5.11. The summed E-state index contributed by atoms with van der Waals surface area (Å²) in [4.78, 5) is 28.9. The van der Waals surface area contributed by atoms with E-state index in [0.717, 1.165) is 10.4 Å². The molecule has 0 saturated carbocycles. The molecule has 5 nitrogen and oxygen atoms in total. The first-order chi connectivity index (χ1) is 12.2. The highest BCUT2D eigenvalue weighted by Gasteiger charge is 2.13. The lowest BCUT2D eigenvalue weighted by molar-refractivity contribution is 0.0950. The van der Waals surface area contributed by atoms with Crippen LogP contribution in [0.25, 0.3) is 10.9 Å². The summed E-state index contributed by atoms with van der Waals surface area (Å²) in [5.41, 5.74) is 1.43. The molecule has 132 valence electrons. The molecule has 0 unspecified atom stereocenters. The van der Waals surface area contributed by atoms with Crippen molar-refractivity contribution in [2.24, 2.45) is 0 Å². The zero-order valence-electron chi connectivity index (χ0n) is 14.6. The van der Waals surface area contributed by atoms with E-state index in [1.54, 1.807) is 24.5 Å². The lowest BCUT2D eigenvalue weighted by Crippen LogP contribution is -2.28. The fourth-order valence-electron chi connectivity index (χ4n) is 2.37. The number of nitrogens with one attached hydrogen (secondary N) is 2. The van der Waals surface area contributed by atoms with Gasteiger partial charge in [0.15, 0.2) is 0 Å². The first-order valence-electron chi connectivity index (χ1n) is 8.13. The van der Waals surface area contributed by atoms with Gasteiger partial charge in [0, 0.05) is 29.1 Å². The number of amides is 1. The number of methoxy groups -OCH3 is 1. The Bertz CT molecular complexity index is 885. The normalized spacial score (nSPS) is 10.2. The third-order valence-electron chi connectivity index (χ3n) is 3.50. The molecular formula is C19H22N2O3S. The van der Waals surface area contributed by atoms with Crippen molar-refractivity contribution in [1.29, 1.82) is 0 Å². The highest BCUT2D eigenvalue weighted by molar-refractivity contribution is 7.09. The Morgan fingerprint density at radius 2 is 2.08 bits per heavy atom. The maximum Gasteiger partial charge on any atom is 0.257 e. The van der Waals surface area contributed by atoms with Crippen LogP contribution in [0.1, 0.15) is 34.6 Å². The average molecular weight is 358 g/mol. The number of benzene rings is 1. The number of thiophene rings is 1. The monoisotopic (exact) mass is 358 g/mol. The van der Waals surface area contributed by atoms with Gasteiger partial charge in [-0.2, -0.15) is 0 Å². The predicted molar refractivity (Wildman–Crippen MR) is 102 cm³/mol. The molecule has 2 aromatic heterocycles. The third kappa shape index (κ3) is 4.55.